The minimum absolute atomic E-state index is 0.673. The minimum Gasteiger partial charge on any atom is -0.381 e. The van der Waals surface area contributed by atoms with Crippen molar-refractivity contribution in [2.75, 3.05) is 5.32 Å². The molecule has 1 fully saturated rings. The van der Waals surface area contributed by atoms with E-state index in [1.807, 2.05) is 0 Å². The fourth-order valence-electron chi connectivity index (χ4n) is 2.76. The number of hydrogen-bond donors (Lipinski definition) is 1. The van der Waals surface area contributed by atoms with E-state index < -0.39 is 0 Å². The van der Waals surface area contributed by atoms with Gasteiger partial charge in [0.1, 0.15) is 0 Å². The number of halogens is 1. The summed E-state index contributed by atoms with van der Waals surface area (Å²) < 4.78 is 1.33. The summed E-state index contributed by atoms with van der Waals surface area (Å²) >= 11 is 2.41. The molecule has 1 aromatic carbocycles. The maximum absolute atomic E-state index is 3.73. The molecule has 1 aliphatic carbocycles. The molecule has 2 unspecified atom stereocenters. The zero-order valence-corrected chi connectivity index (χ0v) is 12.9. The molecule has 0 aliphatic heterocycles. The molecule has 0 bridgehead atoms. The Labute approximate surface area is 119 Å². The molecule has 1 aromatic rings. The van der Waals surface area contributed by atoms with Crippen LogP contribution in [0.4, 0.5) is 5.69 Å². The molecule has 2 rings (SSSR count). The van der Waals surface area contributed by atoms with Crippen LogP contribution in [0.15, 0.2) is 24.3 Å². The third-order valence-corrected chi connectivity index (χ3v) is 4.83. The first kappa shape index (κ1) is 13.2. The topological polar surface area (TPSA) is 12.0 Å². The van der Waals surface area contributed by atoms with Gasteiger partial charge in [-0.25, -0.2) is 0 Å². The highest BCUT2D eigenvalue weighted by atomic mass is 127. The minimum atomic E-state index is 0.673. The average Bonchev–Trinajstić information content (AvgIpc) is 2.32. The van der Waals surface area contributed by atoms with Gasteiger partial charge < -0.3 is 5.32 Å². The van der Waals surface area contributed by atoms with E-state index in [0.717, 1.165) is 11.8 Å². The van der Waals surface area contributed by atoms with Gasteiger partial charge in [-0.3, -0.25) is 0 Å². The number of hydrogen-bond acceptors (Lipinski definition) is 1. The second-order valence-electron chi connectivity index (χ2n) is 5.49. The van der Waals surface area contributed by atoms with Crippen LogP contribution >= 0.6 is 22.6 Å². The summed E-state index contributed by atoms with van der Waals surface area (Å²) in [5.74, 6) is 1.73. The lowest BCUT2D eigenvalue weighted by molar-refractivity contribution is 0.264. The monoisotopic (exact) mass is 343 g/mol. The van der Waals surface area contributed by atoms with Crippen LogP contribution < -0.4 is 5.32 Å². The second-order valence-corrected chi connectivity index (χ2v) is 6.65. The van der Waals surface area contributed by atoms with Crippen molar-refractivity contribution in [1.82, 2.24) is 0 Å². The second kappa shape index (κ2) is 6.07. The zero-order valence-electron chi connectivity index (χ0n) is 10.7. The van der Waals surface area contributed by atoms with Crippen LogP contribution in [0.2, 0.25) is 0 Å². The van der Waals surface area contributed by atoms with Crippen LogP contribution in [-0.2, 0) is 0 Å². The summed E-state index contributed by atoms with van der Waals surface area (Å²) in [6.07, 6.45) is 5.46. The van der Waals surface area contributed by atoms with Crippen molar-refractivity contribution in [3.8, 4) is 0 Å². The Bertz CT molecular complexity index is 362. The summed E-state index contributed by atoms with van der Waals surface area (Å²) in [5.41, 5.74) is 1.31. The third kappa shape index (κ3) is 3.60. The van der Waals surface area contributed by atoms with E-state index in [9.17, 15) is 0 Å². The predicted molar refractivity (Wildman–Crippen MR) is 83.4 cm³/mol. The first-order valence-corrected chi connectivity index (χ1v) is 7.75. The number of nitrogens with one attached hydrogen (secondary N) is 1. The van der Waals surface area contributed by atoms with Gasteiger partial charge in [-0.1, -0.05) is 38.8 Å². The molecule has 0 spiro atoms. The fraction of sp³-hybridized carbons (Fsp3) is 0.600. The number of benzene rings is 1. The Morgan fingerprint density at radius 3 is 2.71 bits per heavy atom. The Balaban J connectivity index is 1.97. The third-order valence-electron chi connectivity index (χ3n) is 3.89. The van der Waals surface area contributed by atoms with E-state index in [1.165, 1.54) is 34.9 Å². The highest BCUT2D eigenvalue weighted by Gasteiger charge is 2.24. The first-order valence-electron chi connectivity index (χ1n) is 6.68. The van der Waals surface area contributed by atoms with Gasteiger partial charge in [-0.2, -0.15) is 0 Å². The lowest BCUT2D eigenvalue weighted by atomic mass is 9.79. The van der Waals surface area contributed by atoms with Crippen molar-refractivity contribution < 1.29 is 0 Å². The van der Waals surface area contributed by atoms with Crippen LogP contribution in [0, 0.1) is 15.4 Å². The maximum atomic E-state index is 3.73. The Morgan fingerprint density at radius 2 is 2.00 bits per heavy atom. The first-order chi connectivity index (χ1) is 8.16. The smallest absolute Gasteiger partial charge is 0.0478 e. The molecule has 0 amide bonds. The Kier molecular flexibility index (Phi) is 4.71. The van der Waals surface area contributed by atoms with Gasteiger partial charge in [-0.15, -0.1) is 0 Å². The predicted octanol–water partition coefficient (Wildman–Crippen LogP) is 4.92. The fourth-order valence-corrected chi connectivity index (χ4v) is 3.31. The SMILES string of the molecule is CC(C)C1CCCC(Nc2ccccc2I)C1. The van der Waals surface area contributed by atoms with Crippen molar-refractivity contribution in [3.05, 3.63) is 27.8 Å². The van der Waals surface area contributed by atoms with E-state index >= 15 is 0 Å². The molecular weight excluding hydrogens is 321 g/mol. The van der Waals surface area contributed by atoms with Crippen molar-refractivity contribution in [3.63, 3.8) is 0 Å². The molecule has 0 aromatic heterocycles. The van der Waals surface area contributed by atoms with Gasteiger partial charge in [0.05, 0.1) is 0 Å². The van der Waals surface area contributed by atoms with Crippen LogP contribution in [-0.4, -0.2) is 6.04 Å². The van der Waals surface area contributed by atoms with E-state index in [-0.39, 0.29) is 0 Å². The normalized spacial score (nSPS) is 24.9. The van der Waals surface area contributed by atoms with Crippen molar-refractivity contribution in [2.24, 2.45) is 11.8 Å². The zero-order chi connectivity index (χ0) is 12.3. The van der Waals surface area contributed by atoms with Gasteiger partial charge in [0.25, 0.3) is 0 Å². The summed E-state index contributed by atoms with van der Waals surface area (Å²) in [6, 6.07) is 9.26. The molecule has 1 nitrogen and oxygen atoms in total. The van der Waals surface area contributed by atoms with Crippen molar-refractivity contribution in [2.45, 2.75) is 45.6 Å². The van der Waals surface area contributed by atoms with E-state index in [4.69, 9.17) is 0 Å². The van der Waals surface area contributed by atoms with Gasteiger partial charge >= 0.3 is 0 Å². The molecule has 2 heteroatoms. The highest BCUT2D eigenvalue weighted by Crippen LogP contribution is 2.32. The van der Waals surface area contributed by atoms with Crippen LogP contribution in [0.1, 0.15) is 39.5 Å². The summed E-state index contributed by atoms with van der Waals surface area (Å²) in [6.45, 7) is 4.72. The van der Waals surface area contributed by atoms with Crippen molar-refractivity contribution >= 4 is 28.3 Å². The quantitative estimate of drug-likeness (QED) is 0.769. The van der Waals surface area contributed by atoms with Gasteiger partial charge in [-0.05, 0) is 59.4 Å². The summed E-state index contributed by atoms with van der Waals surface area (Å²) in [7, 11) is 0. The van der Waals surface area contributed by atoms with Crippen LogP contribution in [0.5, 0.6) is 0 Å². The van der Waals surface area contributed by atoms with E-state index in [2.05, 4.69) is 66.0 Å². The van der Waals surface area contributed by atoms with Crippen LogP contribution in [0.3, 0.4) is 0 Å². The molecular formula is C15H22IN. The van der Waals surface area contributed by atoms with E-state index in [1.54, 1.807) is 0 Å². The van der Waals surface area contributed by atoms with E-state index in [0.29, 0.717) is 6.04 Å². The average molecular weight is 343 g/mol. The molecule has 17 heavy (non-hydrogen) atoms. The van der Waals surface area contributed by atoms with Gasteiger partial charge in [0.2, 0.25) is 0 Å². The molecule has 94 valence electrons. The highest BCUT2D eigenvalue weighted by molar-refractivity contribution is 14.1. The van der Waals surface area contributed by atoms with Crippen LogP contribution in [0.25, 0.3) is 0 Å². The Morgan fingerprint density at radius 1 is 1.24 bits per heavy atom. The number of para-hydroxylation sites is 1. The Hall–Kier alpha value is -0.250. The summed E-state index contributed by atoms with van der Waals surface area (Å²) in [5, 5.41) is 3.73. The molecule has 0 radical (unpaired) electrons. The standard InChI is InChI=1S/C15H22IN/c1-11(2)12-6-5-7-13(10-12)17-15-9-4-3-8-14(15)16/h3-4,8-9,11-13,17H,5-7,10H2,1-2H3. The lowest BCUT2D eigenvalue weighted by Crippen LogP contribution is -2.29. The molecule has 1 saturated carbocycles. The van der Waals surface area contributed by atoms with Gasteiger partial charge in [0.15, 0.2) is 0 Å². The maximum Gasteiger partial charge on any atom is 0.0478 e. The number of anilines is 1. The molecule has 1 N–H and O–H groups in total. The lowest BCUT2D eigenvalue weighted by Gasteiger charge is -2.32. The molecule has 1 aliphatic rings. The largest absolute Gasteiger partial charge is 0.381 e. The molecule has 0 heterocycles. The number of rotatable bonds is 3. The molecule has 0 saturated heterocycles. The molecule has 2 atom stereocenters. The van der Waals surface area contributed by atoms with Crippen molar-refractivity contribution in [1.29, 1.82) is 0 Å². The van der Waals surface area contributed by atoms with Gasteiger partial charge in [0, 0.05) is 15.3 Å². The summed E-state index contributed by atoms with van der Waals surface area (Å²) in [4.78, 5) is 0.